The van der Waals surface area contributed by atoms with Gasteiger partial charge in [0.2, 0.25) is 0 Å². The molecule has 0 radical (unpaired) electrons. The van der Waals surface area contributed by atoms with Crippen molar-refractivity contribution in [2.45, 2.75) is 25.4 Å². The van der Waals surface area contributed by atoms with E-state index in [-0.39, 0.29) is 18.1 Å². The first-order valence-electron chi connectivity index (χ1n) is 8.12. The number of hydrogen-bond acceptors (Lipinski definition) is 4. The summed E-state index contributed by atoms with van der Waals surface area (Å²) in [5.74, 6) is -0.115. The van der Waals surface area contributed by atoms with Gasteiger partial charge in [0.25, 0.3) is 5.91 Å². The van der Waals surface area contributed by atoms with Gasteiger partial charge < -0.3 is 10.1 Å². The van der Waals surface area contributed by atoms with Crippen molar-refractivity contribution in [1.82, 2.24) is 5.32 Å². The standard InChI is InChI=1S/C18H18N2O3S/c21-17(14-7-6-12-3-1-4-13(12)9-14)19-10-15-11-20(18(22)23-15)16-5-2-8-24-16/h2,5-9,15H,1,3-4,10-11H2,(H,19,21). The average molecular weight is 342 g/mol. The molecule has 24 heavy (non-hydrogen) atoms. The van der Waals surface area contributed by atoms with Gasteiger partial charge in [-0.3, -0.25) is 9.69 Å². The largest absolute Gasteiger partial charge is 0.442 e. The molecule has 1 aromatic heterocycles. The number of aryl methyl sites for hydroxylation is 2. The van der Waals surface area contributed by atoms with E-state index in [9.17, 15) is 9.59 Å². The zero-order valence-corrected chi connectivity index (χ0v) is 14.0. The highest BCUT2D eigenvalue weighted by atomic mass is 32.1. The molecule has 1 unspecified atom stereocenters. The van der Waals surface area contributed by atoms with Crippen molar-refractivity contribution in [3.63, 3.8) is 0 Å². The number of anilines is 1. The quantitative estimate of drug-likeness (QED) is 0.929. The molecule has 5 nitrogen and oxygen atoms in total. The van der Waals surface area contributed by atoms with Crippen molar-refractivity contribution in [2.75, 3.05) is 18.0 Å². The number of carbonyl (C=O) groups is 2. The van der Waals surface area contributed by atoms with Gasteiger partial charge >= 0.3 is 6.09 Å². The Bertz CT molecular complexity index is 773. The van der Waals surface area contributed by atoms with Gasteiger partial charge in [0.1, 0.15) is 11.1 Å². The Hall–Kier alpha value is -2.34. The van der Waals surface area contributed by atoms with E-state index in [4.69, 9.17) is 4.74 Å². The number of amides is 2. The van der Waals surface area contributed by atoms with Crippen LogP contribution >= 0.6 is 11.3 Å². The maximum atomic E-state index is 12.3. The average Bonchev–Trinajstić information content (AvgIpc) is 3.32. The van der Waals surface area contributed by atoms with Crippen molar-refractivity contribution >= 4 is 28.3 Å². The van der Waals surface area contributed by atoms with Crippen LogP contribution in [0.15, 0.2) is 35.7 Å². The van der Waals surface area contributed by atoms with Crippen LogP contribution < -0.4 is 10.2 Å². The third kappa shape index (κ3) is 2.89. The number of rotatable bonds is 4. The van der Waals surface area contributed by atoms with Crippen LogP contribution in [0, 0.1) is 0 Å². The summed E-state index contributed by atoms with van der Waals surface area (Å²) in [6.07, 6.45) is 2.64. The van der Waals surface area contributed by atoms with E-state index < -0.39 is 0 Å². The summed E-state index contributed by atoms with van der Waals surface area (Å²) >= 11 is 1.50. The van der Waals surface area contributed by atoms with E-state index in [1.807, 2.05) is 35.7 Å². The smallest absolute Gasteiger partial charge is 0.415 e. The van der Waals surface area contributed by atoms with E-state index in [1.54, 1.807) is 4.90 Å². The lowest BCUT2D eigenvalue weighted by Crippen LogP contribution is -2.34. The van der Waals surface area contributed by atoms with Gasteiger partial charge in [-0.1, -0.05) is 6.07 Å². The Morgan fingerprint density at radius 1 is 1.29 bits per heavy atom. The SMILES string of the molecule is O=C(NCC1CN(c2cccs2)C(=O)O1)c1ccc2c(c1)CCC2. The van der Waals surface area contributed by atoms with E-state index in [0.717, 1.165) is 24.3 Å². The lowest BCUT2D eigenvalue weighted by molar-refractivity contribution is 0.0916. The van der Waals surface area contributed by atoms with Crippen molar-refractivity contribution in [1.29, 1.82) is 0 Å². The highest BCUT2D eigenvalue weighted by molar-refractivity contribution is 7.14. The number of ether oxygens (including phenoxy) is 1. The van der Waals surface area contributed by atoms with Gasteiger partial charge in [-0.15, -0.1) is 11.3 Å². The third-order valence-corrected chi connectivity index (χ3v) is 5.39. The van der Waals surface area contributed by atoms with Crippen LogP contribution in [0.5, 0.6) is 0 Å². The zero-order chi connectivity index (χ0) is 16.5. The van der Waals surface area contributed by atoms with Gasteiger partial charge in [0, 0.05) is 5.56 Å². The van der Waals surface area contributed by atoms with E-state index in [0.29, 0.717) is 18.7 Å². The molecule has 124 valence electrons. The molecule has 2 aromatic rings. The minimum Gasteiger partial charge on any atom is -0.442 e. The molecule has 1 aliphatic carbocycles. The monoisotopic (exact) mass is 342 g/mol. The summed E-state index contributed by atoms with van der Waals surface area (Å²) in [4.78, 5) is 25.9. The van der Waals surface area contributed by atoms with Crippen LogP contribution in [0.25, 0.3) is 0 Å². The summed E-state index contributed by atoms with van der Waals surface area (Å²) in [7, 11) is 0. The predicted octanol–water partition coefficient (Wildman–Crippen LogP) is 2.99. The molecule has 2 amide bonds. The van der Waals surface area contributed by atoms with Gasteiger partial charge in [0.05, 0.1) is 13.1 Å². The van der Waals surface area contributed by atoms with Crippen molar-refractivity contribution < 1.29 is 14.3 Å². The first-order chi connectivity index (χ1) is 11.7. The summed E-state index contributed by atoms with van der Waals surface area (Å²) in [5, 5.41) is 5.67. The topological polar surface area (TPSA) is 58.6 Å². The minimum absolute atomic E-state index is 0.115. The van der Waals surface area contributed by atoms with E-state index in [1.165, 1.54) is 22.5 Å². The van der Waals surface area contributed by atoms with Crippen LogP contribution in [0.3, 0.4) is 0 Å². The highest BCUT2D eigenvalue weighted by Gasteiger charge is 2.33. The number of cyclic esters (lactones) is 1. The predicted molar refractivity (Wildman–Crippen MR) is 92.7 cm³/mol. The summed E-state index contributed by atoms with van der Waals surface area (Å²) in [6, 6.07) is 9.69. The number of fused-ring (bicyclic) bond motifs is 1. The summed E-state index contributed by atoms with van der Waals surface area (Å²) < 4.78 is 5.34. The van der Waals surface area contributed by atoms with Crippen molar-refractivity contribution in [3.8, 4) is 0 Å². The molecule has 0 spiro atoms. The summed E-state index contributed by atoms with van der Waals surface area (Å²) in [6.45, 7) is 0.785. The molecule has 0 bridgehead atoms. The first kappa shape index (κ1) is 15.2. The van der Waals surface area contributed by atoms with Crippen LogP contribution in [0.1, 0.15) is 27.9 Å². The molecule has 1 atom stereocenters. The normalized spacial score (nSPS) is 19.2. The van der Waals surface area contributed by atoms with Gasteiger partial charge in [0.15, 0.2) is 0 Å². The van der Waals surface area contributed by atoms with Crippen LogP contribution in [0.4, 0.5) is 9.80 Å². The first-order valence-corrected chi connectivity index (χ1v) is 9.00. The van der Waals surface area contributed by atoms with Gasteiger partial charge in [-0.05, 0) is 60.0 Å². The fourth-order valence-electron chi connectivity index (χ4n) is 3.25. The van der Waals surface area contributed by atoms with Crippen LogP contribution in [-0.4, -0.2) is 31.2 Å². The maximum absolute atomic E-state index is 12.3. The van der Waals surface area contributed by atoms with E-state index >= 15 is 0 Å². The highest BCUT2D eigenvalue weighted by Crippen LogP contribution is 2.26. The van der Waals surface area contributed by atoms with Crippen molar-refractivity contribution in [2.24, 2.45) is 0 Å². The Kier molecular flexibility index (Phi) is 3.98. The van der Waals surface area contributed by atoms with Crippen molar-refractivity contribution in [3.05, 3.63) is 52.4 Å². The maximum Gasteiger partial charge on any atom is 0.415 e. The number of hydrogen-bond donors (Lipinski definition) is 1. The second-order valence-electron chi connectivity index (χ2n) is 6.11. The molecular formula is C18H18N2O3S. The molecule has 2 aliphatic rings. The fourth-order valence-corrected chi connectivity index (χ4v) is 3.98. The number of carbonyl (C=O) groups excluding carboxylic acids is 2. The van der Waals surface area contributed by atoms with Gasteiger partial charge in [-0.2, -0.15) is 0 Å². The molecule has 1 saturated heterocycles. The Morgan fingerprint density at radius 2 is 2.17 bits per heavy atom. The molecule has 1 fully saturated rings. The number of thiophene rings is 1. The summed E-state index contributed by atoms with van der Waals surface area (Å²) in [5.41, 5.74) is 3.30. The second kappa shape index (κ2) is 6.28. The third-order valence-electron chi connectivity index (χ3n) is 4.50. The fraction of sp³-hybridized carbons (Fsp3) is 0.333. The molecule has 2 heterocycles. The Labute approximate surface area is 144 Å². The Balaban J connectivity index is 1.35. The second-order valence-corrected chi connectivity index (χ2v) is 7.04. The molecule has 4 rings (SSSR count). The number of benzene rings is 1. The lowest BCUT2D eigenvalue weighted by atomic mass is 10.1. The molecular weight excluding hydrogens is 324 g/mol. The molecule has 1 aromatic carbocycles. The molecule has 1 aliphatic heterocycles. The zero-order valence-electron chi connectivity index (χ0n) is 13.2. The lowest BCUT2D eigenvalue weighted by Gasteiger charge is -2.11. The minimum atomic E-state index is -0.353. The van der Waals surface area contributed by atoms with Crippen LogP contribution in [0.2, 0.25) is 0 Å². The number of nitrogens with zero attached hydrogens (tertiary/aromatic N) is 1. The van der Waals surface area contributed by atoms with E-state index in [2.05, 4.69) is 5.32 Å². The van der Waals surface area contributed by atoms with Gasteiger partial charge in [-0.25, -0.2) is 4.79 Å². The number of nitrogens with one attached hydrogen (secondary N) is 1. The molecule has 1 N–H and O–H groups in total. The molecule has 0 saturated carbocycles. The van der Waals surface area contributed by atoms with Crippen LogP contribution in [-0.2, 0) is 17.6 Å². The Morgan fingerprint density at radius 3 is 3.00 bits per heavy atom. The molecule has 6 heteroatoms.